The number of carbonyl (C=O) groups excluding carboxylic acids is 1. The molecule has 0 amide bonds. The number of esters is 1. The Morgan fingerprint density at radius 2 is 1.44 bits per heavy atom. The molecule has 27 heavy (non-hydrogen) atoms. The SMILES string of the molecule is CCCCCCCCCCCCCCOc1ccc(CC(=O)OC)cc1F. The maximum absolute atomic E-state index is 14.0. The van der Waals surface area contributed by atoms with Gasteiger partial charge in [-0.3, -0.25) is 4.79 Å². The summed E-state index contributed by atoms with van der Waals surface area (Å²) in [4.78, 5) is 11.2. The van der Waals surface area contributed by atoms with Crippen molar-refractivity contribution in [2.75, 3.05) is 13.7 Å². The summed E-state index contributed by atoms with van der Waals surface area (Å²) in [5, 5.41) is 0. The number of ether oxygens (including phenoxy) is 2. The molecule has 1 aromatic rings. The molecule has 0 aromatic heterocycles. The summed E-state index contributed by atoms with van der Waals surface area (Å²) in [6.07, 6.45) is 15.6. The zero-order chi connectivity index (χ0) is 19.7. The molecule has 0 fully saturated rings. The van der Waals surface area contributed by atoms with Crippen LogP contribution >= 0.6 is 0 Å². The lowest BCUT2D eigenvalue weighted by Gasteiger charge is -2.08. The monoisotopic (exact) mass is 380 g/mol. The van der Waals surface area contributed by atoms with Crippen molar-refractivity contribution in [2.24, 2.45) is 0 Å². The van der Waals surface area contributed by atoms with Gasteiger partial charge >= 0.3 is 5.97 Å². The average Bonchev–Trinajstić information content (AvgIpc) is 2.66. The molecule has 0 aliphatic heterocycles. The molecule has 0 bridgehead atoms. The largest absolute Gasteiger partial charge is 0.491 e. The standard InChI is InChI=1S/C23H37FO3/c1-3-4-5-6-7-8-9-10-11-12-13-14-17-27-22-16-15-20(18-21(22)24)19-23(25)26-2/h15-16,18H,3-14,17,19H2,1-2H3. The number of carbonyl (C=O) groups is 1. The van der Waals surface area contributed by atoms with E-state index < -0.39 is 5.82 Å². The molecule has 0 aliphatic carbocycles. The van der Waals surface area contributed by atoms with Gasteiger partial charge in [0.15, 0.2) is 11.6 Å². The summed E-state index contributed by atoms with van der Waals surface area (Å²) >= 11 is 0. The van der Waals surface area contributed by atoms with E-state index in [0.717, 1.165) is 12.8 Å². The van der Waals surface area contributed by atoms with Crippen molar-refractivity contribution in [3.8, 4) is 5.75 Å². The Labute approximate surface area is 164 Å². The third-order valence-corrected chi connectivity index (χ3v) is 4.83. The second-order valence-electron chi connectivity index (χ2n) is 7.26. The van der Waals surface area contributed by atoms with Gasteiger partial charge in [0, 0.05) is 0 Å². The van der Waals surface area contributed by atoms with E-state index in [-0.39, 0.29) is 18.1 Å². The van der Waals surface area contributed by atoms with Crippen LogP contribution in [0.4, 0.5) is 4.39 Å². The number of methoxy groups -OCH3 is 1. The Bertz CT molecular complexity index is 516. The summed E-state index contributed by atoms with van der Waals surface area (Å²) in [6.45, 7) is 2.79. The first-order valence-electron chi connectivity index (χ1n) is 10.7. The molecular formula is C23H37FO3. The Kier molecular flexibility index (Phi) is 13.4. The molecule has 1 aromatic carbocycles. The zero-order valence-corrected chi connectivity index (χ0v) is 17.2. The zero-order valence-electron chi connectivity index (χ0n) is 17.2. The molecule has 0 spiro atoms. The average molecular weight is 381 g/mol. The predicted molar refractivity (Wildman–Crippen MR) is 109 cm³/mol. The van der Waals surface area contributed by atoms with Crippen molar-refractivity contribution in [3.63, 3.8) is 0 Å². The van der Waals surface area contributed by atoms with Crippen LogP contribution in [0.3, 0.4) is 0 Å². The van der Waals surface area contributed by atoms with Gasteiger partial charge in [-0.15, -0.1) is 0 Å². The van der Waals surface area contributed by atoms with E-state index in [1.165, 1.54) is 77.4 Å². The van der Waals surface area contributed by atoms with Crippen LogP contribution in [0.15, 0.2) is 18.2 Å². The van der Waals surface area contributed by atoms with Crippen LogP contribution in [0.25, 0.3) is 0 Å². The molecule has 0 heterocycles. The number of benzene rings is 1. The minimum absolute atomic E-state index is 0.0758. The van der Waals surface area contributed by atoms with Gasteiger partial charge in [0.1, 0.15) is 0 Å². The van der Waals surface area contributed by atoms with Crippen LogP contribution in [0.2, 0.25) is 0 Å². The third kappa shape index (κ3) is 11.7. The van der Waals surface area contributed by atoms with Gasteiger partial charge < -0.3 is 9.47 Å². The van der Waals surface area contributed by atoms with Crippen LogP contribution in [-0.4, -0.2) is 19.7 Å². The van der Waals surface area contributed by atoms with Crippen molar-refractivity contribution in [2.45, 2.75) is 90.4 Å². The number of hydrogen-bond acceptors (Lipinski definition) is 3. The highest BCUT2D eigenvalue weighted by Gasteiger charge is 2.08. The van der Waals surface area contributed by atoms with E-state index in [9.17, 15) is 9.18 Å². The first-order valence-corrected chi connectivity index (χ1v) is 10.7. The van der Waals surface area contributed by atoms with Crippen LogP contribution in [-0.2, 0) is 16.0 Å². The number of halogens is 1. The second kappa shape index (κ2) is 15.5. The maximum Gasteiger partial charge on any atom is 0.309 e. The highest BCUT2D eigenvalue weighted by atomic mass is 19.1. The summed E-state index contributed by atoms with van der Waals surface area (Å²) in [5.41, 5.74) is 0.595. The summed E-state index contributed by atoms with van der Waals surface area (Å²) in [6, 6.07) is 4.64. The number of hydrogen-bond donors (Lipinski definition) is 0. The molecule has 154 valence electrons. The van der Waals surface area contributed by atoms with E-state index in [0.29, 0.717) is 12.2 Å². The van der Waals surface area contributed by atoms with Gasteiger partial charge in [-0.1, -0.05) is 83.6 Å². The Morgan fingerprint density at radius 3 is 1.96 bits per heavy atom. The van der Waals surface area contributed by atoms with Crippen molar-refractivity contribution < 1.29 is 18.7 Å². The van der Waals surface area contributed by atoms with Crippen LogP contribution in [0, 0.1) is 5.82 Å². The summed E-state index contributed by atoms with van der Waals surface area (Å²) in [7, 11) is 1.32. The normalized spacial score (nSPS) is 10.8. The highest BCUT2D eigenvalue weighted by Crippen LogP contribution is 2.19. The van der Waals surface area contributed by atoms with E-state index >= 15 is 0 Å². The van der Waals surface area contributed by atoms with Crippen LogP contribution in [0.1, 0.15) is 89.5 Å². The maximum atomic E-state index is 14.0. The molecule has 0 saturated heterocycles. The van der Waals surface area contributed by atoms with Gasteiger partial charge in [0.05, 0.1) is 20.1 Å². The number of unbranched alkanes of at least 4 members (excludes halogenated alkanes) is 11. The Morgan fingerprint density at radius 1 is 0.889 bits per heavy atom. The van der Waals surface area contributed by atoms with Gasteiger partial charge in [0.25, 0.3) is 0 Å². The fourth-order valence-electron chi connectivity index (χ4n) is 3.14. The van der Waals surface area contributed by atoms with Crippen molar-refractivity contribution in [1.29, 1.82) is 0 Å². The molecule has 0 unspecified atom stereocenters. The van der Waals surface area contributed by atoms with Crippen molar-refractivity contribution >= 4 is 5.97 Å². The van der Waals surface area contributed by atoms with E-state index in [1.54, 1.807) is 12.1 Å². The van der Waals surface area contributed by atoms with Gasteiger partial charge in [-0.05, 0) is 24.1 Å². The number of rotatable bonds is 16. The highest BCUT2D eigenvalue weighted by molar-refractivity contribution is 5.72. The molecule has 0 atom stereocenters. The first-order chi connectivity index (χ1) is 13.2. The Balaban J connectivity index is 2.01. The molecule has 4 heteroatoms. The lowest BCUT2D eigenvalue weighted by atomic mass is 10.1. The van der Waals surface area contributed by atoms with Crippen LogP contribution in [0.5, 0.6) is 5.75 Å². The van der Waals surface area contributed by atoms with Crippen molar-refractivity contribution in [3.05, 3.63) is 29.6 Å². The summed E-state index contributed by atoms with van der Waals surface area (Å²) < 4.78 is 24.1. The quantitative estimate of drug-likeness (QED) is 0.239. The molecule has 0 radical (unpaired) electrons. The smallest absolute Gasteiger partial charge is 0.309 e. The molecule has 1 rings (SSSR count). The molecular weight excluding hydrogens is 343 g/mol. The van der Waals surface area contributed by atoms with E-state index in [2.05, 4.69) is 11.7 Å². The molecule has 0 N–H and O–H groups in total. The predicted octanol–water partition coefficient (Wildman–Crippen LogP) is 6.62. The molecule has 0 saturated carbocycles. The minimum atomic E-state index is -0.421. The van der Waals surface area contributed by atoms with E-state index in [1.807, 2.05) is 0 Å². The molecule has 0 aliphatic rings. The summed E-state index contributed by atoms with van der Waals surface area (Å²) in [5.74, 6) is -0.540. The lowest BCUT2D eigenvalue weighted by molar-refractivity contribution is -0.139. The van der Waals surface area contributed by atoms with Crippen molar-refractivity contribution in [1.82, 2.24) is 0 Å². The fraction of sp³-hybridized carbons (Fsp3) is 0.696. The fourth-order valence-corrected chi connectivity index (χ4v) is 3.14. The van der Waals surface area contributed by atoms with Gasteiger partial charge in [0.2, 0.25) is 0 Å². The third-order valence-electron chi connectivity index (χ3n) is 4.83. The lowest BCUT2D eigenvalue weighted by Crippen LogP contribution is -2.05. The van der Waals surface area contributed by atoms with E-state index in [4.69, 9.17) is 4.74 Å². The first kappa shape index (κ1) is 23.5. The molecule has 3 nitrogen and oxygen atoms in total. The van der Waals surface area contributed by atoms with Gasteiger partial charge in [-0.25, -0.2) is 4.39 Å². The minimum Gasteiger partial charge on any atom is -0.491 e. The van der Waals surface area contributed by atoms with Gasteiger partial charge in [-0.2, -0.15) is 0 Å². The topological polar surface area (TPSA) is 35.5 Å². The Hall–Kier alpha value is -1.58. The second-order valence-corrected chi connectivity index (χ2v) is 7.26. The van der Waals surface area contributed by atoms with Crippen LogP contribution < -0.4 is 4.74 Å².